The molecule has 0 saturated heterocycles. The number of anilines is 1. The summed E-state index contributed by atoms with van der Waals surface area (Å²) < 4.78 is 26.5. The van der Waals surface area contributed by atoms with E-state index in [-0.39, 0.29) is 17.0 Å². The summed E-state index contributed by atoms with van der Waals surface area (Å²) in [7, 11) is -2.25. The van der Waals surface area contributed by atoms with Crippen LogP contribution in [0.2, 0.25) is 0 Å². The van der Waals surface area contributed by atoms with Crippen molar-refractivity contribution in [1.29, 1.82) is 5.26 Å². The highest BCUT2D eigenvalue weighted by molar-refractivity contribution is 7.93. The lowest BCUT2D eigenvalue weighted by Gasteiger charge is -2.57. The van der Waals surface area contributed by atoms with Crippen molar-refractivity contribution >= 4 is 21.2 Å². The lowest BCUT2D eigenvalue weighted by atomic mass is 9.67. The Kier molecular flexibility index (Phi) is 5.05. The van der Waals surface area contributed by atoms with Crippen molar-refractivity contribution in [3.8, 4) is 6.07 Å². The number of nitrogens with zero attached hydrogens (tertiary/aromatic N) is 3. The Morgan fingerprint density at radius 3 is 2.32 bits per heavy atom. The minimum absolute atomic E-state index is 0.0684. The molecule has 1 spiro atoms. The SMILES string of the molecule is Cc1ccc(S(=O)(=O)[C@]2(C#N)Cc3cc([N+](=O)[O-])ccc3N(C)C23CCCCC3)cc1. The number of nitro groups is 1. The van der Waals surface area contributed by atoms with Crippen molar-refractivity contribution in [2.24, 2.45) is 0 Å². The molecule has 1 aliphatic carbocycles. The van der Waals surface area contributed by atoms with Gasteiger partial charge in [-0.2, -0.15) is 5.26 Å². The van der Waals surface area contributed by atoms with Crippen LogP contribution in [0.15, 0.2) is 47.4 Å². The highest BCUT2D eigenvalue weighted by atomic mass is 32.2. The van der Waals surface area contributed by atoms with Gasteiger partial charge in [-0.1, -0.05) is 37.0 Å². The number of sulfone groups is 1. The molecule has 2 aliphatic rings. The van der Waals surface area contributed by atoms with Gasteiger partial charge in [0.05, 0.1) is 21.4 Å². The van der Waals surface area contributed by atoms with Crippen molar-refractivity contribution < 1.29 is 13.3 Å². The third-order valence-electron chi connectivity index (χ3n) is 7.12. The van der Waals surface area contributed by atoms with E-state index in [4.69, 9.17) is 0 Å². The number of nitro benzene ring substituents is 1. The maximum Gasteiger partial charge on any atom is 0.269 e. The first-order valence-electron chi connectivity index (χ1n) is 10.4. The number of rotatable bonds is 3. The minimum atomic E-state index is -4.08. The van der Waals surface area contributed by atoms with E-state index in [1.165, 1.54) is 12.1 Å². The molecule has 31 heavy (non-hydrogen) atoms. The first-order chi connectivity index (χ1) is 14.7. The smallest absolute Gasteiger partial charge is 0.269 e. The van der Waals surface area contributed by atoms with Gasteiger partial charge in [-0.3, -0.25) is 10.1 Å². The summed E-state index contributed by atoms with van der Waals surface area (Å²) in [4.78, 5) is 12.9. The third-order valence-corrected chi connectivity index (χ3v) is 9.55. The summed E-state index contributed by atoms with van der Waals surface area (Å²) in [6, 6.07) is 13.4. The normalized spacial score (nSPS) is 22.5. The molecule has 1 saturated carbocycles. The topological polar surface area (TPSA) is 104 Å². The number of hydrogen-bond acceptors (Lipinski definition) is 6. The van der Waals surface area contributed by atoms with Crippen LogP contribution in [0.1, 0.15) is 43.2 Å². The summed E-state index contributed by atoms with van der Waals surface area (Å²) in [5, 5.41) is 21.9. The zero-order valence-corrected chi connectivity index (χ0v) is 18.5. The van der Waals surface area contributed by atoms with Crippen LogP contribution < -0.4 is 4.90 Å². The summed E-state index contributed by atoms with van der Waals surface area (Å²) in [5.41, 5.74) is 1.21. The summed E-state index contributed by atoms with van der Waals surface area (Å²) in [6.07, 6.45) is 3.76. The van der Waals surface area contributed by atoms with Crippen LogP contribution in [0.3, 0.4) is 0 Å². The lowest BCUT2D eigenvalue weighted by Crippen LogP contribution is -2.70. The molecule has 2 aromatic carbocycles. The van der Waals surface area contributed by atoms with E-state index < -0.39 is 25.0 Å². The standard InChI is InChI=1S/C23H25N3O4S/c1-17-6-9-20(10-7-17)31(29,30)23(16-24)15-18-14-19(26(27)28)8-11-21(18)25(2)22(23)12-4-3-5-13-22/h6-11,14H,3-5,12-13,15H2,1-2H3/t23-/m0/s1. The molecule has 2 aromatic rings. The molecule has 0 amide bonds. The van der Waals surface area contributed by atoms with Gasteiger partial charge in [0.2, 0.25) is 0 Å². The monoisotopic (exact) mass is 439 g/mol. The van der Waals surface area contributed by atoms with E-state index >= 15 is 0 Å². The first-order valence-corrected chi connectivity index (χ1v) is 11.9. The Bertz CT molecular complexity index is 1180. The van der Waals surface area contributed by atoms with Crippen LogP contribution in [0, 0.1) is 28.4 Å². The Labute approximate surface area is 182 Å². The molecule has 0 bridgehead atoms. The van der Waals surface area contributed by atoms with E-state index in [1.807, 2.05) is 18.9 Å². The molecule has 162 valence electrons. The van der Waals surface area contributed by atoms with Crippen LogP contribution in [0.25, 0.3) is 0 Å². The second-order valence-corrected chi connectivity index (χ2v) is 10.8. The molecule has 0 radical (unpaired) electrons. The fourth-order valence-corrected chi connectivity index (χ4v) is 7.64. The zero-order chi connectivity index (χ0) is 22.4. The molecule has 1 aliphatic heterocycles. The van der Waals surface area contributed by atoms with Gasteiger partial charge in [0.15, 0.2) is 14.6 Å². The predicted molar refractivity (Wildman–Crippen MR) is 118 cm³/mol. The minimum Gasteiger partial charge on any atom is -0.366 e. The number of nitriles is 1. The van der Waals surface area contributed by atoms with Gasteiger partial charge in [-0.05, 0) is 43.5 Å². The lowest BCUT2D eigenvalue weighted by molar-refractivity contribution is -0.384. The van der Waals surface area contributed by atoms with E-state index in [0.29, 0.717) is 18.4 Å². The molecule has 1 fully saturated rings. The molecule has 8 heteroatoms. The van der Waals surface area contributed by atoms with Crippen LogP contribution in [-0.2, 0) is 16.3 Å². The van der Waals surface area contributed by atoms with Gasteiger partial charge in [-0.15, -0.1) is 0 Å². The quantitative estimate of drug-likeness (QED) is 0.521. The molecule has 4 rings (SSSR count). The summed E-state index contributed by atoms with van der Waals surface area (Å²) in [6.45, 7) is 1.88. The number of benzene rings is 2. The van der Waals surface area contributed by atoms with Gasteiger partial charge in [0.1, 0.15) is 0 Å². The summed E-state index contributed by atoms with van der Waals surface area (Å²) >= 11 is 0. The highest BCUT2D eigenvalue weighted by Gasteiger charge is 2.65. The Morgan fingerprint density at radius 1 is 1.10 bits per heavy atom. The van der Waals surface area contributed by atoms with Gasteiger partial charge < -0.3 is 4.90 Å². The van der Waals surface area contributed by atoms with Gasteiger partial charge in [0, 0.05) is 31.3 Å². The van der Waals surface area contributed by atoms with Crippen molar-refractivity contribution in [2.75, 3.05) is 11.9 Å². The van der Waals surface area contributed by atoms with Gasteiger partial charge >= 0.3 is 0 Å². The van der Waals surface area contributed by atoms with E-state index in [0.717, 1.165) is 30.5 Å². The predicted octanol–water partition coefficient (Wildman–Crippen LogP) is 4.33. The average molecular weight is 440 g/mol. The Hall–Kier alpha value is -2.92. The third kappa shape index (κ3) is 2.94. The fourth-order valence-electron chi connectivity index (χ4n) is 5.43. The van der Waals surface area contributed by atoms with Crippen LogP contribution in [0.5, 0.6) is 0 Å². The van der Waals surface area contributed by atoms with Crippen LogP contribution >= 0.6 is 0 Å². The molecular formula is C23H25N3O4S. The number of non-ortho nitro benzene ring substituents is 1. The number of aryl methyl sites for hydroxylation is 1. The maximum atomic E-state index is 14.1. The maximum absolute atomic E-state index is 14.1. The van der Waals surface area contributed by atoms with Gasteiger partial charge in [0.25, 0.3) is 5.69 Å². The summed E-state index contributed by atoms with van der Waals surface area (Å²) in [5.74, 6) is 0. The fraction of sp³-hybridized carbons (Fsp3) is 0.435. The average Bonchev–Trinajstić information content (AvgIpc) is 2.76. The second kappa shape index (κ2) is 7.34. The van der Waals surface area contributed by atoms with Crippen LogP contribution in [-0.4, -0.2) is 30.7 Å². The molecule has 1 heterocycles. The van der Waals surface area contributed by atoms with Crippen molar-refractivity contribution in [1.82, 2.24) is 0 Å². The molecular weight excluding hydrogens is 414 g/mol. The molecule has 0 aromatic heterocycles. The van der Waals surface area contributed by atoms with Crippen molar-refractivity contribution in [2.45, 2.75) is 60.6 Å². The van der Waals surface area contributed by atoms with Gasteiger partial charge in [-0.25, -0.2) is 8.42 Å². The molecule has 1 atom stereocenters. The zero-order valence-electron chi connectivity index (χ0n) is 17.7. The van der Waals surface area contributed by atoms with E-state index in [1.54, 1.807) is 30.3 Å². The highest BCUT2D eigenvalue weighted by Crippen LogP contribution is 2.54. The van der Waals surface area contributed by atoms with E-state index in [2.05, 4.69) is 6.07 Å². The molecule has 0 N–H and O–H groups in total. The van der Waals surface area contributed by atoms with Crippen LogP contribution in [0.4, 0.5) is 11.4 Å². The molecule has 0 unspecified atom stereocenters. The number of hydrogen-bond donors (Lipinski definition) is 0. The van der Waals surface area contributed by atoms with E-state index in [9.17, 15) is 23.8 Å². The largest absolute Gasteiger partial charge is 0.366 e. The number of fused-ring (bicyclic) bond motifs is 1. The second-order valence-electron chi connectivity index (χ2n) is 8.65. The Morgan fingerprint density at radius 2 is 1.74 bits per heavy atom. The first kappa shape index (κ1) is 21.3. The van der Waals surface area contributed by atoms with Crippen molar-refractivity contribution in [3.05, 3.63) is 63.7 Å². The molecule has 7 nitrogen and oxygen atoms in total. The van der Waals surface area contributed by atoms with Crippen molar-refractivity contribution in [3.63, 3.8) is 0 Å². The Balaban J connectivity index is 2.00.